The molecule has 6 heteroatoms. The molecule has 0 aromatic carbocycles. The minimum Gasteiger partial charge on any atom is -0.410 e. The molecule has 0 atom stereocenters. The molecule has 1 saturated heterocycles. The standard InChI is InChI=1S/C11H14N4O2/c16-11-3-1-10(2-4-11)13-15-7-5-14(6-8-15)9-12-17/h1-4,9,17H,5-8H2/b12-9-. The van der Waals surface area contributed by atoms with Crippen LogP contribution in [0.3, 0.4) is 0 Å². The Morgan fingerprint density at radius 3 is 2.35 bits per heavy atom. The van der Waals surface area contributed by atoms with Gasteiger partial charge in [-0.15, -0.1) is 0 Å². The van der Waals surface area contributed by atoms with Gasteiger partial charge in [0.2, 0.25) is 0 Å². The number of hydrogen-bond acceptors (Lipinski definition) is 5. The van der Waals surface area contributed by atoms with Gasteiger partial charge in [0.1, 0.15) is 6.34 Å². The fourth-order valence-corrected chi connectivity index (χ4v) is 1.68. The third-order valence-corrected chi connectivity index (χ3v) is 2.60. The van der Waals surface area contributed by atoms with Crippen molar-refractivity contribution in [1.29, 1.82) is 0 Å². The van der Waals surface area contributed by atoms with Crippen molar-refractivity contribution < 1.29 is 10.0 Å². The topological polar surface area (TPSA) is 68.5 Å². The van der Waals surface area contributed by atoms with Gasteiger partial charge in [0.05, 0.1) is 18.8 Å². The molecule has 0 unspecified atom stereocenters. The molecule has 1 N–H and O–H groups in total. The van der Waals surface area contributed by atoms with Crippen LogP contribution in [-0.4, -0.2) is 59.1 Å². The molecule has 0 saturated carbocycles. The molecule has 1 aliphatic carbocycles. The lowest BCUT2D eigenvalue weighted by Gasteiger charge is -2.31. The number of carbonyl (C=O) groups excluding carboxylic acids is 1. The molecule has 0 bridgehead atoms. The van der Waals surface area contributed by atoms with Crippen molar-refractivity contribution in [2.24, 2.45) is 10.3 Å². The SMILES string of the molecule is O=C1C=CC(=NN2CCN(/C=N\O)CC2)C=C1. The molecule has 1 fully saturated rings. The van der Waals surface area contributed by atoms with Crippen LogP contribution in [-0.2, 0) is 4.79 Å². The molecule has 2 rings (SSSR count). The first-order valence-corrected chi connectivity index (χ1v) is 5.43. The molecule has 6 nitrogen and oxygen atoms in total. The van der Waals surface area contributed by atoms with Crippen LogP contribution < -0.4 is 0 Å². The minimum absolute atomic E-state index is 0.00655. The molecule has 0 aromatic rings. The number of piperazine rings is 1. The minimum atomic E-state index is -0.00655. The van der Waals surface area contributed by atoms with E-state index in [1.165, 1.54) is 18.5 Å². The molecule has 0 spiro atoms. The summed E-state index contributed by atoms with van der Waals surface area (Å²) in [6.45, 7) is 3.08. The average molecular weight is 234 g/mol. The fraction of sp³-hybridized carbons (Fsp3) is 0.364. The Morgan fingerprint density at radius 2 is 1.76 bits per heavy atom. The summed E-state index contributed by atoms with van der Waals surface area (Å²) in [7, 11) is 0. The lowest BCUT2D eigenvalue weighted by atomic mass is 10.2. The molecule has 1 aliphatic heterocycles. The van der Waals surface area contributed by atoms with E-state index in [1.54, 1.807) is 12.2 Å². The van der Waals surface area contributed by atoms with Crippen molar-refractivity contribution in [3.8, 4) is 0 Å². The summed E-state index contributed by atoms with van der Waals surface area (Å²) in [6.07, 6.45) is 7.86. The van der Waals surface area contributed by atoms with Gasteiger partial charge in [-0.05, 0) is 24.3 Å². The second-order valence-electron chi connectivity index (χ2n) is 3.81. The van der Waals surface area contributed by atoms with Gasteiger partial charge in [-0.1, -0.05) is 5.16 Å². The number of oxime groups is 1. The van der Waals surface area contributed by atoms with Crippen molar-refractivity contribution in [3.05, 3.63) is 24.3 Å². The van der Waals surface area contributed by atoms with Gasteiger partial charge in [-0.3, -0.25) is 9.80 Å². The van der Waals surface area contributed by atoms with Crippen LogP contribution in [0.15, 0.2) is 34.6 Å². The first-order valence-electron chi connectivity index (χ1n) is 5.43. The van der Waals surface area contributed by atoms with Gasteiger partial charge >= 0.3 is 0 Å². The number of rotatable bonds is 2. The van der Waals surface area contributed by atoms with E-state index in [0.717, 1.165) is 31.9 Å². The summed E-state index contributed by atoms with van der Waals surface area (Å²) in [4.78, 5) is 12.9. The smallest absolute Gasteiger partial charge is 0.178 e. The Bertz CT molecular complexity index is 386. The van der Waals surface area contributed by atoms with Gasteiger partial charge in [0, 0.05) is 13.1 Å². The highest BCUT2D eigenvalue weighted by Crippen LogP contribution is 2.03. The molecule has 0 aromatic heterocycles. The Balaban J connectivity index is 1.90. The maximum atomic E-state index is 10.9. The average Bonchev–Trinajstić information content (AvgIpc) is 2.35. The number of nitrogens with zero attached hydrogens (tertiary/aromatic N) is 4. The molecule has 2 aliphatic rings. The first kappa shape index (κ1) is 11.4. The first-order chi connectivity index (χ1) is 8.28. The normalized spacial score (nSPS) is 20.5. The van der Waals surface area contributed by atoms with Crippen LogP contribution in [0.5, 0.6) is 0 Å². The largest absolute Gasteiger partial charge is 0.410 e. The summed E-state index contributed by atoms with van der Waals surface area (Å²) in [5, 5.41) is 17.8. The second-order valence-corrected chi connectivity index (χ2v) is 3.81. The zero-order valence-corrected chi connectivity index (χ0v) is 9.36. The number of hydrogen-bond donors (Lipinski definition) is 1. The lowest BCUT2D eigenvalue weighted by molar-refractivity contribution is -0.110. The van der Waals surface area contributed by atoms with Gasteiger partial charge in [-0.25, -0.2) is 0 Å². The molecular weight excluding hydrogens is 220 g/mol. The molecule has 0 radical (unpaired) electrons. The number of allylic oxidation sites excluding steroid dienone is 4. The Morgan fingerprint density at radius 1 is 1.12 bits per heavy atom. The van der Waals surface area contributed by atoms with E-state index in [2.05, 4.69) is 10.3 Å². The van der Waals surface area contributed by atoms with Gasteiger partial charge in [0.15, 0.2) is 5.78 Å². The number of hydrazone groups is 1. The Kier molecular flexibility index (Phi) is 3.54. The Hall–Kier alpha value is -2.11. The van der Waals surface area contributed by atoms with E-state index in [1.807, 2.05) is 9.91 Å². The molecular formula is C11H14N4O2. The van der Waals surface area contributed by atoms with Gasteiger partial charge in [0.25, 0.3) is 0 Å². The summed E-state index contributed by atoms with van der Waals surface area (Å²) < 4.78 is 0. The van der Waals surface area contributed by atoms with Crippen molar-refractivity contribution in [1.82, 2.24) is 9.91 Å². The molecule has 0 amide bonds. The predicted octanol–water partition coefficient (Wildman–Crippen LogP) is 0.0726. The Labute approximate surface area is 99.2 Å². The van der Waals surface area contributed by atoms with Gasteiger partial charge in [-0.2, -0.15) is 5.10 Å². The van der Waals surface area contributed by atoms with Crippen molar-refractivity contribution in [2.75, 3.05) is 26.2 Å². The van der Waals surface area contributed by atoms with Crippen molar-refractivity contribution >= 4 is 17.8 Å². The van der Waals surface area contributed by atoms with Crippen LogP contribution in [0.4, 0.5) is 0 Å². The maximum Gasteiger partial charge on any atom is 0.178 e. The van der Waals surface area contributed by atoms with Gasteiger partial charge < -0.3 is 10.1 Å². The van der Waals surface area contributed by atoms with E-state index in [4.69, 9.17) is 5.21 Å². The fourth-order valence-electron chi connectivity index (χ4n) is 1.68. The number of ketones is 1. The monoisotopic (exact) mass is 234 g/mol. The second kappa shape index (κ2) is 5.29. The third kappa shape index (κ3) is 3.17. The zero-order chi connectivity index (χ0) is 12.1. The summed E-state index contributed by atoms with van der Waals surface area (Å²) >= 11 is 0. The summed E-state index contributed by atoms with van der Waals surface area (Å²) in [6, 6.07) is 0. The third-order valence-electron chi connectivity index (χ3n) is 2.60. The van der Waals surface area contributed by atoms with Crippen molar-refractivity contribution in [3.63, 3.8) is 0 Å². The van der Waals surface area contributed by atoms with E-state index in [0.29, 0.717) is 0 Å². The lowest BCUT2D eigenvalue weighted by Crippen LogP contribution is -2.43. The highest BCUT2D eigenvalue weighted by atomic mass is 16.4. The van der Waals surface area contributed by atoms with Crippen LogP contribution in [0.1, 0.15) is 0 Å². The highest BCUT2D eigenvalue weighted by Gasteiger charge is 2.13. The summed E-state index contributed by atoms with van der Waals surface area (Å²) in [5.41, 5.74) is 0.786. The van der Waals surface area contributed by atoms with Crippen LogP contribution >= 0.6 is 0 Å². The van der Waals surface area contributed by atoms with Crippen molar-refractivity contribution in [2.45, 2.75) is 0 Å². The molecule has 1 heterocycles. The molecule has 17 heavy (non-hydrogen) atoms. The quantitative estimate of drug-likeness (QED) is 0.241. The van der Waals surface area contributed by atoms with Crippen LogP contribution in [0, 0.1) is 0 Å². The van der Waals surface area contributed by atoms with E-state index >= 15 is 0 Å². The van der Waals surface area contributed by atoms with Crippen LogP contribution in [0.2, 0.25) is 0 Å². The van der Waals surface area contributed by atoms with E-state index in [9.17, 15) is 4.79 Å². The van der Waals surface area contributed by atoms with E-state index < -0.39 is 0 Å². The molecule has 90 valence electrons. The maximum absolute atomic E-state index is 10.9. The van der Waals surface area contributed by atoms with E-state index in [-0.39, 0.29) is 5.78 Å². The van der Waals surface area contributed by atoms with Crippen LogP contribution in [0.25, 0.3) is 0 Å². The zero-order valence-electron chi connectivity index (χ0n) is 9.36. The highest BCUT2D eigenvalue weighted by molar-refractivity contribution is 6.16. The predicted molar refractivity (Wildman–Crippen MR) is 64.1 cm³/mol. The summed E-state index contributed by atoms with van der Waals surface area (Å²) in [5.74, 6) is -0.00655. The number of carbonyl (C=O) groups is 1.